The van der Waals surface area contributed by atoms with Crippen molar-refractivity contribution in [2.75, 3.05) is 13.1 Å². The van der Waals surface area contributed by atoms with E-state index in [0.717, 1.165) is 0 Å². The van der Waals surface area contributed by atoms with Crippen LogP contribution in [0.25, 0.3) is 0 Å². The summed E-state index contributed by atoms with van der Waals surface area (Å²) in [5.41, 5.74) is -2.87. The average molecular weight is 392 g/mol. The summed E-state index contributed by atoms with van der Waals surface area (Å²) in [7, 11) is 0. The first-order chi connectivity index (χ1) is 10.9. The van der Waals surface area contributed by atoms with Crippen molar-refractivity contribution in [3.8, 4) is 0 Å². The number of carbonyl (C=O) groups is 1. The summed E-state index contributed by atoms with van der Waals surface area (Å²) in [4.78, 5) is 12.5. The summed E-state index contributed by atoms with van der Waals surface area (Å²) in [5, 5.41) is 8.96. The van der Waals surface area contributed by atoms with E-state index in [-0.39, 0.29) is 30.6 Å². The molecule has 0 aromatic heterocycles. The van der Waals surface area contributed by atoms with Gasteiger partial charge in [0.05, 0.1) is 17.0 Å². The molecule has 1 aliphatic rings. The van der Waals surface area contributed by atoms with Crippen LogP contribution in [0.3, 0.4) is 0 Å². The van der Waals surface area contributed by atoms with E-state index < -0.39 is 41.4 Å². The van der Waals surface area contributed by atoms with Gasteiger partial charge in [-0.3, -0.25) is 9.69 Å². The second kappa shape index (κ2) is 7.41. The fourth-order valence-corrected chi connectivity index (χ4v) is 2.77. The number of alkyl halides is 6. The predicted molar refractivity (Wildman–Crippen MR) is 79.4 cm³/mol. The van der Waals surface area contributed by atoms with Crippen LogP contribution in [-0.4, -0.2) is 29.1 Å². The van der Waals surface area contributed by atoms with Gasteiger partial charge in [0.2, 0.25) is 0 Å². The number of aliphatic carboxylic acids is 1. The Morgan fingerprint density at radius 1 is 1.12 bits per heavy atom. The molecule has 10 heteroatoms. The van der Waals surface area contributed by atoms with Crippen molar-refractivity contribution in [1.82, 2.24) is 4.90 Å². The van der Waals surface area contributed by atoms with Crippen LogP contribution >= 0.6 is 12.4 Å². The van der Waals surface area contributed by atoms with Gasteiger partial charge in [-0.25, -0.2) is 0 Å². The van der Waals surface area contributed by atoms with Gasteiger partial charge in [0, 0.05) is 12.6 Å². The molecule has 1 aliphatic heterocycles. The van der Waals surface area contributed by atoms with E-state index in [2.05, 4.69) is 0 Å². The molecule has 1 aromatic rings. The Bertz CT molecular complexity index is 599. The summed E-state index contributed by atoms with van der Waals surface area (Å²) < 4.78 is 77.3. The Morgan fingerprint density at radius 2 is 1.60 bits per heavy atom. The van der Waals surface area contributed by atoms with E-state index in [4.69, 9.17) is 5.11 Å². The van der Waals surface area contributed by atoms with Crippen molar-refractivity contribution in [3.05, 3.63) is 34.9 Å². The van der Waals surface area contributed by atoms with Gasteiger partial charge in [-0.05, 0) is 43.7 Å². The van der Waals surface area contributed by atoms with Crippen LogP contribution in [0.5, 0.6) is 0 Å². The Hall–Kier alpha value is -1.48. The van der Waals surface area contributed by atoms with Crippen molar-refractivity contribution >= 4 is 18.4 Å². The van der Waals surface area contributed by atoms with Crippen LogP contribution in [0, 0.1) is 5.92 Å². The fourth-order valence-electron chi connectivity index (χ4n) is 2.77. The number of hydrogen-bond acceptors (Lipinski definition) is 2. The van der Waals surface area contributed by atoms with Gasteiger partial charge in [-0.2, -0.15) is 26.3 Å². The smallest absolute Gasteiger partial charge is 0.416 e. The topological polar surface area (TPSA) is 40.5 Å². The molecule has 1 N–H and O–H groups in total. The summed E-state index contributed by atoms with van der Waals surface area (Å²) in [6.45, 7) is 1.86. The summed E-state index contributed by atoms with van der Waals surface area (Å²) >= 11 is 0. The second-order valence-corrected chi connectivity index (χ2v) is 5.83. The number of benzene rings is 1. The summed E-state index contributed by atoms with van der Waals surface area (Å²) in [6.07, 6.45) is -9.49. The average Bonchev–Trinajstić information content (AvgIpc) is 2.94. The molecule has 2 unspecified atom stereocenters. The maximum atomic E-state index is 12.9. The molecule has 0 spiro atoms. The molecule has 0 amide bonds. The first-order valence-corrected chi connectivity index (χ1v) is 7.16. The molecule has 25 heavy (non-hydrogen) atoms. The molecule has 2 rings (SSSR count). The zero-order chi connectivity index (χ0) is 18.3. The van der Waals surface area contributed by atoms with E-state index in [0.29, 0.717) is 25.1 Å². The monoisotopic (exact) mass is 391 g/mol. The minimum absolute atomic E-state index is 0. The zero-order valence-corrected chi connectivity index (χ0v) is 13.8. The lowest BCUT2D eigenvalue weighted by Gasteiger charge is -2.26. The van der Waals surface area contributed by atoms with Crippen molar-refractivity contribution < 1.29 is 36.2 Å². The van der Waals surface area contributed by atoms with Crippen molar-refractivity contribution in [2.45, 2.75) is 31.7 Å². The lowest BCUT2D eigenvalue weighted by atomic mass is 9.99. The maximum Gasteiger partial charge on any atom is 0.416 e. The molecule has 1 saturated heterocycles. The molecule has 1 aromatic carbocycles. The third-order valence-corrected chi connectivity index (χ3v) is 4.21. The molecule has 1 heterocycles. The molecule has 2 atom stereocenters. The van der Waals surface area contributed by atoms with E-state index >= 15 is 0 Å². The fraction of sp³-hybridized carbons (Fsp3) is 0.533. The number of likely N-dealkylation sites (tertiary alicyclic amines) is 1. The van der Waals surface area contributed by atoms with E-state index in [9.17, 15) is 31.1 Å². The third kappa shape index (κ3) is 5.01. The van der Waals surface area contributed by atoms with Gasteiger partial charge in [0.1, 0.15) is 0 Å². The summed E-state index contributed by atoms with van der Waals surface area (Å²) in [6, 6.07) is 0.708. The van der Waals surface area contributed by atoms with Crippen LogP contribution < -0.4 is 0 Å². The van der Waals surface area contributed by atoms with Crippen LogP contribution in [0.1, 0.15) is 36.1 Å². The van der Waals surface area contributed by atoms with Gasteiger partial charge in [0.15, 0.2) is 0 Å². The highest BCUT2D eigenvalue weighted by Gasteiger charge is 2.38. The second-order valence-electron chi connectivity index (χ2n) is 5.83. The van der Waals surface area contributed by atoms with Crippen molar-refractivity contribution in [3.63, 3.8) is 0 Å². The molecule has 0 saturated carbocycles. The predicted octanol–water partition coefficient (Wildman–Crippen LogP) is 4.61. The molecular weight excluding hydrogens is 376 g/mol. The van der Waals surface area contributed by atoms with Gasteiger partial charge < -0.3 is 5.11 Å². The number of rotatable bonds is 3. The molecule has 0 bridgehead atoms. The Morgan fingerprint density at radius 3 is 1.96 bits per heavy atom. The van der Waals surface area contributed by atoms with Gasteiger partial charge >= 0.3 is 18.3 Å². The van der Waals surface area contributed by atoms with Gasteiger partial charge in [-0.15, -0.1) is 12.4 Å². The number of halogens is 7. The number of hydrogen-bond donors (Lipinski definition) is 1. The Balaban J connectivity index is 0.00000312. The number of carboxylic acid groups (broad SMARTS) is 1. The molecule has 1 fully saturated rings. The first-order valence-electron chi connectivity index (χ1n) is 7.16. The van der Waals surface area contributed by atoms with E-state index in [1.807, 2.05) is 0 Å². The quantitative estimate of drug-likeness (QED) is 0.765. The summed E-state index contributed by atoms with van der Waals surface area (Å²) in [5.74, 6) is -1.69. The Kier molecular flexibility index (Phi) is 6.39. The van der Waals surface area contributed by atoms with Gasteiger partial charge in [0.25, 0.3) is 0 Å². The van der Waals surface area contributed by atoms with Crippen LogP contribution in [0.15, 0.2) is 18.2 Å². The molecule has 142 valence electrons. The normalized spacial score (nSPS) is 20.2. The highest BCUT2D eigenvalue weighted by atomic mass is 35.5. The van der Waals surface area contributed by atoms with E-state index in [1.54, 1.807) is 4.90 Å². The lowest BCUT2D eigenvalue weighted by Crippen LogP contribution is -2.27. The molecular formula is C15H16ClF6NO2. The van der Waals surface area contributed by atoms with Crippen molar-refractivity contribution in [2.24, 2.45) is 5.92 Å². The van der Waals surface area contributed by atoms with Crippen LogP contribution in [-0.2, 0) is 17.1 Å². The largest absolute Gasteiger partial charge is 0.481 e. The van der Waals surface area contributed by atoms with Crippen LogP contribution in [0.2, 0.25) is 0 Å². The highest BCUT2D eigenvalue weighted by molar-refractivity contribution is 5.85. The molecule has 0 aliphatic carbocycles. The number of nitrogens with zero attached hydrogens (tertiary/aromatic N) is 1. The van der Waals surface area contributed by atoms with Crippen LogP contribution in [0.4, 0.5) is 26.3 Å². The SMILES string of the molecule is CC(c1cc(C(F)(F)F)cc(C(F)(F)F)c1)N1CCC(C(=O)O)C1.Cl. The lowest BCUT2D eigenvalue weighted by molar-refractivity contribution is -0.143. The minimum Gasteiger partial charge on any atom is -0.481 e. The molecule has 0 radical (unpaired) electrons. The standard InChI is InChI=1S/C15H15F6NO2.ClH/c1-8(22-3-2-9(7-22)13(23)24)10-4-11(14(16,17)18)6-12(5-10)15(19,20)21;/h4-6,8-9H,2-3,7H2,1H3,(H,23,24);1H. The van der Waals surface area contributed by atoms with Gasteiger partial charge in [-0.1, -0.05) is 0 Å². The van der Waals surface area contributed by atoms with Crippen molar-refractivity contribution in [1.29, 1.82) is 0 Å². The minimum atomic E-state index is -4.90. The molecule has 3 nitrogen and oxygen atoms in total. The van der Waals surface area contributed by atoms with E-state index in [1.165, 1.54) is 6.92 Å². The third-order valence-electron chi connectivity index (χ3n) is 4.21. The first kappa shape index (κ1) is 21.6. The highest BCUT2D eigenvalue weighted by Crippen LogP contribution is 2.38. The number of carboxylic acids is 1. The zero-order valence-electron chi connectivity index (χ0n) is 13.0. The Labute approximate surface area is 146 Å². The maximum absolute atomic E-state index is 12.9.